The van der Waals surface area contributed by atoms with E-state index in [9.17, 15) is 4.79 Å². The number of anilines is 2. The van der Waals surface area contributed by atoms with Crippen LogP contribution in [0.4, 0.5) is 11.4 Å². The van der Waals surface area contributed by atoms with Crippen LogP contribution in [0.1, 0.15) is 38.7 Å². The van der Waals surface area contributed by atoms with Gasteiger partial charge >= 0.3 is 0 Å². The minimum Gasteiger partial charge on any atom is -0.380 e. The number of carbonyl (C=O) groups excluding carboxylic acids is 1. The molecule has 2 aromatic rings. The summed E-state index contributed by atoms with van der Waals surface area (Å²) in [4.78, 5) is 11.9. The van der Waals surface area contributed by atoms with E-state index in [1.54, 1.807) is 0 Å². The van der Waals surface area contributed by atoms with Gasteiger partial charge in [-0.2, -0.15) is 0 Å². The summed E-state index contributed by atoms with van der Waals surface area (Å²) in [6.07, 6.45) is 0.487. The van der Waals surface area contributed by atoms with Gasteiger partial charge in [0.05, 0.1) is 11.4 Å². The maximum atomic E-state index is 11.9. The molecule has 1 amide bonds. The topological polar surface area (TPSA) is 41.1 Å². The lowest BCUT2D eigenvalue weighted by molar-refractivity contribution is -0.116. The number of amides is 1. The number of carbonyl (C=O) groups is 1. The van der Waals surface area contributed by atoms with Crippen LogP contribution >= 0.6 is 0 Å². The van der Waals surface area contributed by atoms with Gasteiger partial charge in [-0.1, -0.05) is 50.2 Å². The van der Waals surface area contributed by atoms with Crippen molar-refractivity contribution in [1.29, 1.82) is 0 Å². The molecule has 0 aliphatic carbocycles. The minimum atomic E-state index is 0.0612. The van der Waals surface area contributed by atoms with Gasteiger partial charge in [-0.15, -0.1) is 0 Å². The Balaban J connectivity index is 2.05. The maximum absolute atomic E-state index is 11.9. The van der Waals surface area contributed by atoms with E-state index >= 15 is 0 Å². The fourth-order valence-electron chi connectivity index (χ4n) is 2.88. The highest BCUT2D eigenvalue weighted by Crippen LogP contribution is 2.36. The highest BCUT2D eigenvalue weighted by atomic mass is 16.1. The van der Waals surface area contributed by atoms with Crippen LogP contribution in [0.3, 0.4) is 0 Å². The molecule has 3 nitrogen and oxygen atoms in total. The van der Waals surface area contributed by atoms with Gasteiger partial charge < -0.3 is 10.6 Å². The zero-order valence-corrected chi connectivity index (χ0v) is 13.3. The van der Waals surface area contributed by atoms with E-state index in [-0.39, 0.29) is 11.9 Å². The molecule has 22 heavy (non-hydrogen) atoms. The van der Waals surface area contributed by atoms with Gasteiger partial charge in [0.15, 0.2) is 0 Å². The summed E-state index contributed by atoms with van der Waals surface area (Å²) < 4.78 is 0. The van der Waals surface area contributed by atoms with Crippen LogP contribution in [-0.4, -0.2) is 11.9 Å². The molecule has 0 radical (unpaired) electrons. The van der Waals surface area contributed by atoms with Gasteiger partial charge in [0.1, 0.15) is 0 Å². The van der Waals surface area contributed by atoms with Crippen LogP contribution in [0, 0.1) is 0 Å². The average molecular weight is 294 g/mol. The van der Waals surface area contributed by atoms with E-state index in [1.807, 2.05) is 19.1 Å². The molecule has 3 heteroatoms. The Hall–Kier alpha value is -2.29. The first kappa shape index (κ1) is 14.6. The summed E-state index contributed by atoms with van der Waals surface area (Å²) in [6, 6.07) is 14.8. The molecule has 114 valence electrons. The molecule has 2 aromatic carbocycles. The third-order valence-electron chi connectivity index (χ3n) is 4.11. The third kappa shape index (κ3) is 2.84. The fraction of sp³-hybridized carbons (Fsp3) is 0.316. The first-order valence-corrected chi connectivity index (χ1v) is 7.84. The van der Waals surface area contributed by atoms with Crippen molar-refractivity contribution in [3.63, 3.8) is 0 Å². The molecular formula is C19H22N2O. The predicted octanol–water partition coefficient (Wildman–Crippen LogP) is 4.62. The number of nitrogens with one attached hydrogen (secondary N) is 2. The van der Waals surface area contributed by atoms with Crippen molar-refractivity contribution in [3.8, 4) is 11.1 Å². The molecular weight excluding hydrogens is 272 g/mol. The Kier molecular flexibility index (Phi) is 3.88. The normalized spacial score (nSPS) is 17.5. The first-order chi connectivity index (χ1) is 10.5. The van der Waals surface area contributed by atoms with E-state index in [2.05, 4.69) is 54.8 Å². The van der Waals surface area contributed by atoms with Crippen molar-refractivity contribution >= 4 is 17.3 Å². The molecule has 1 unspecified atom stereocenters. The Bertz CT molecular complexity index is 689. The number of benzene rings is 2. The Morgan fingerprint density at radius 3 is 2.50 bits per heavy atom. The lowest BCUT2D eigenvalue weighted by atomic mass is 9.97. The predicted molar refractivity (Wildman–Crippen MR) is 92.3 cm³/mol. The van der Waals surface area contributed by atoms with Crippen molar-refractivity contribution in [2.24, 2.45) is 0 Å². The molecule has 0 spiro atoms. The van der Waals surface area contributed by atoms with Crippen molar-refractivity contribution in [1.82, 2.24) is 0 Å². The van der Waals surface area contributed by atoms with E-state index in [4.69, 9.17) is 0 Å². The van der Waals surface area contributed by atoms with Crippen molar-refractivity contribution in [3.05, 3.63) is 48.0 Å². The maximum Gasteiger partial charge on any atom is 0.226 e. The molecule has 1 aliphatic rings. The van der Waals surface area contributed by atoms with Crippen molar-refractivity contribution in [2.45, 2.75) is 39.2 Å². The lowest BCUT2D eigenvalue weighted by Crippen LogP contribution is -2.19. The number of para-hydroxylation sites is 1. The molecule has 0 saturated carbocycles. The molecule has 3 rings (SSSR count). The van der Waals surface area contributed by atoms with Gasteiger partial charge in [-0.25, -0.2) is 0 Å². The van der Waals surface area contributed by atoms with E-state index < -0.39 is 0 Å². The quantitative estimate of drug-likeness (QED) is 0.848. The molecule has 0 aromatic heterocycles. The van der Waals surface area contributed by atoms with Crippen molar-refractivity contribution < 1.29 is 4.79 Å². The molecule has 1 heterocycles. The van der Waals surface area contributed by atoms with Crippen LogP contribution in [-0.2, 0) is 4.79 Å². The standard InChI is InChI=1S/C19H22N2O/c1-12(2)14-7-9-15(10-8-14)16-5-4-6-17-19(16)20-13(3)11-18(22)21-17/h4-10,12-13,20H,11H2,1-3H3,(H,21,22). The monoisotopic (exact) mass is 294 g/mol. The van der Waals surface area contributed by atoms with Crippen molar-refractivity contribution in [2.75, 3.05) is 10.6 Å². The zero-order chi connectivity index (χ0) is 15.7. The summed E-state index contributed by atoms with van der Waals surface area (Å²) in [5, 5.41) is 6.46. The molecule has 1 aliphatic heterocycles. The van der Waals surface area contributed by atoms with E-state index in [0.717, 1.165) is 22.5 Å². The number of hydrogen-bond donors (Lipinski definition) is 2. The zero-order valence-electron chi connectivity index (χ0n) is 13.3. The molecule has 1 atom stereocenters. The highest BCUT2D eigenvalue weighted by Gasteiger charge is 2.20. The Morgan fingerprint density at radius 1 is 1.09 bits per heavy atom. The minimum absolute atomic E-state index is 0.0612. The van der Waals surface area contributed by atoms with E-state index in [1.165, 1.54) is 5.56 Å². The van der Waals surface area contributed by atoms with Gasteiger partial charge in [0.25, 0.3) is 0 Å². The second-order valence-corrected chi connectivity index (χ2v) is 6.30. The number of hydrogen-bond acceptors (Lipinski definition) is 2. The number of rotatable bonds is 2. The molecule has 0 saturated heterocycles. The van der Waals surface area contributed by atoms with Crippen LogP contribution in [0.15, 0.2) is 42.5 Å². The summed E-state index contributed by atoms with van der Waals surface area (Å²) >= 11 is 0. The second kappa shape index (κ2) is 5.84. The van der Waals surface area contributed by atoms with E-state index in [0.29, 0.717) is 12.3 Å². The van der Waals surface area contributed by atoms with Crippen LogP contribution < -0.4 is 10.6 Å². The smallest absolute Gasteiger partial charge is 0.226 e. The Labute approximate surface area is 131 Å². The van der Waals surface area contributed by atoms with Crippen LogP contribution in [0.25, 0.3) is 11.1 Å². The third-order valence-corrected chi connectivity index (χ3v) is 4.11. The van der Waals surface area contributed by atoms with Crippen LogP contribution in [0.5, 0.6) is 0 Å². The highest BCUT2D eigenvalue weighted by molar-refractivity contribution is 6.00. The summed E-state index contributed by atoms with van der Waals surface area (Å²) in [7, 11) is 0. The summed E-state index contributed by atoms with van der Waals surface area (Å²) in [6.45, 7) is 6.43. The second-order valence-electron chi connectivity index (χ2n) is 6.30. The average Bonchev–Trinajstić information content (AvgIpc) is 2.63. The summed E-state index contributed by atoms with van der Waals surface area (Å²) in [5.74, 6) is 0.588. The Morgan fingerprint density at radius 2 is 1.82 bits per heavy atom. The molecule has 0 fully saturated rings. The van der Waals surface area contributed by atoms with Gasteiger partial charge in [-0.3, -0.25) is 4.79 Å². The molecule has 2 N–H and O–H groups in total. The van der Waals surface area contributed by atoms with Crippen LogP contribution in [0.2, 0.25) is 0 Å². The molecule has 0 bridgehead atoms. The summed E-state index contributed by atoms with van der Waals surface area (Å²) in [5.41, 5.74) is 5.50. The van der Waals surface area contributed by atoms with Gasteiger partial charge in [0.2, 0.25) is 5.91 Å². The van der Waals surface area contributed by atoms with Gasteiger partial charge in [0, 0.05) is 18.0 Å². The number of fused-ring (bicyclic) bond motifs is 1. The van der Waals surface area contributed by atoms with Gasteiger partial charge in [-0.05, 0) is 30.0 Å². The fourth-order valence-corrected chi connectivity index (χ4v) is 2.88. The first-order valence-electron chi connectivity index (χ1n) is 7.84. The SMILES string of the molecule is CC1CC(=O)Nc2cccc(-c3ccc(C(C)C)cc3)c2N1. The largest absolute Gasteiger partial charge is 0.380 e. The lowest BCUT2D eigenvalue weighted by Gasteiger charge is -2.17.